The summed E-state index contributed by atoms with van der Waals surface area (Å²) in [6, 6.07) is -0.925. The number of unbranched alkanes of at least 4 members (excludes halogenated alkanes) is 29. The number of likely N-dealkylation sites (N-methyl/N-ethyl adjacent to an activating group) is 1. The van der Waals surface area contributed by atoms with Crippen molar-refractivity contribution in [3.8, 4) is 0 Å². The first-order valence-electron chi connectivity index (χ1n) is 34.2. The van der Waals surface area contributed by atoms with E-state index >= 15 is 0 Å². The lowest BCUT2D eigenvalue weighted by Crippen LogP contribution is -2.47. The van der Waals surface area contributed by atoms with Crippen molar-refractivity contribution in [2.24, 2.45) is 0 Å². The Morgan fingerprint density at radius 1 is 0.434 bits per heavy atom. The third kappa shape index (κ3) is 63.0. The average Bonchev–Trinajstić information content (AvgIpc) is 3.51. The van der Waals surface area contributed by atoms with Crippen LogP contribution in [-0.2, 0) is 27.9 Å². The minimum Gasteiger partial charge on any atom is -0.756 e. The molecule has 0 radical (unpaired) electrons. The Morgan fingerprint density at radius 2 is 0.783 bits per heavy atom. The molecule has 0 rings (SSSR count). The van der Waals surface area contributed by atoms with Gasteiger partial charge in [-0.25, -0.2) is 0 Å². The summed E-state index contributed by atoms with van der Waals surface area (Å²) in [6.07, 6.45) is 85.2. The highest BCUT2D eigenvalue weighted by Gasteiger charge is 2.27. The predicted octanol–water partition coefficient (Wildman–Crippen LogP) is 21.0. The van der Waals surface area contributed by atoms with Crippen molar-refractivity contribution in [2.75, 3.05) is 40.9 Å². The van der Waals surface area contributed by atoms with Crippen LogP contribution in [0.1, 0.15) is 290 Å². The van der Waals surface area contributed by atoms with Crippen molar-refractivity contribution in [1.82, 2.24) is 5.32 Å². The fraction of sp³-hybridized carbons (Fsp3) is 0.726. The van der Waals surface area contributed by atoms with Gasteiger partial charge >= 0.3 is 5.97 Å². The molecule has 0 aliphatic carbocycles. The molecule has 9 nitrogen and oxygen atoms in total. The molecule has 0 fully saturated rings. The number of nitrogens with one attached hydrogen (secondary N) is 1. The maximum Gasteiger partial charge on any atom is 0.306 e. The van der Waals surface area contributed by atoms with Gasteiger partial charge in [0.2, 0.25) is 5.91 Å². The van der Waals surface area contributed by atoms with E-state index < -0.39 is 32.5 Å². The van der Waals surface area contributed by atoms with E-state index in [2.05, 4.69) is 111 Å². The van der Waals surface area contributed by atoms with Crippen molar-refractivity contribution in [3.63, 3.8) is 0 Å². The van der Waals surface area contributed by atoms with Crippen LogP contribution in [0.2, 0.25) is 0 Å². The lowest BCUT2D eigenvalue weighted by atomic mass is 10.0. The van der Waals surface area contributed by atoms with Crippen molar-refractivity contribution in [2.45, 2.75) is 303 Å². The van der Waals surface area contributed by atoms with Crippen LogP contribution in [0.25, 0.3) is 0 Å². The molecule has 0 spiro atoms. The molecule has 10 heteroatoms. The first-order chi connectivity index (χ1) is 40.4. The van der Waals surface area contributed by atoms with Gasteiger partial charge in [0, 0.05) is 12.8 Å². The molecular weight excluding hydrogens is 1050 g/mol. The van der Waals surface area contributed by atoms with Crippen molar-refractivity contribution < 1.29 is 37.3 Å². The van der Waals surface area contributed by atoms with Gasteiger partial charge in [-0.1, -0.05) is 285 Å². The van der Waals surface area contributed by atoms with Crippen molar-refractivity contribution in [1.29, 1.82) is 0 Å². The summed E-state index contributed by atoms with van der Waals surface area (Å²) in [4.78, 5) is 40.0. The van der Waals surface area contributed by atoms with Gasteiger partial charge in [0.05, 0.1) is 33.8 Å². The molecule has 0 aliphatic heterocycles. The highest BCUT2D eigenvalue weighted by Crippen LogP contribution is 2.38. The fourth-order valence-corrected chi connectivity index (χ4v) is 10.2. The molecule has 0 bridgehead atoms. The largest absolute Gasteiger partial charge is 0.756 e. The Morgan fingerprint density at radius 3 is 1.20 bits per heavy atom. The molecule has 1 amide bonds. The first-order valence-corrected chi connectivity index (χ1v) is 35.7. The summed E-state index contributed by atoms with van der Waals surface area (Å²) < 4.78 is 30.3. The summed E-state index contributed by atoms with van der Waals surface area (Å²) in [5.41, 5.74) is 0. The molecule has 1 N–H and O–H groups in total. The Hall–Kier alpha value is -3.33. The van der Waals surface area contributed by atoms with Gasteiger partial charge in [-0.15, -0.1) is 0 Å². The van der Waals surface area contributed by atoms with Crippen LogP contribution < -0.4 is 10.2 Å². The zero-order valence-electron chi connectivity index (χ0n) is 54.6. The maximum atomic E-state index is 13.6. The number of nitrogens with zero attached hydrogens (tertiary/aromatic N) is 1. The SMILES string of the molecule is CC/C=C\C/C=C\C/C=C\C/C=C\C/C=C\C/C=C\CCC(=O)OC(/C=C\CCCCCCCCCCC)C(COP(=O)([O-])OCC[N+](C)(C)C)NC(=O)CCCCCCCCCCCCCCCCCCC/C=C\C/C=C\CCCCC. The zero-order chi connectivity index (χ0) is 60.7. The number of phosphoric ester groups is 1. The predicted molar refractivity (Wildman–Crippen MR) is 357 cm³/mol. The van der Waals surface area contributed by atoms with Gasteiger partial charge in [-0.2, -0.15) is 0 Å². The molecule has 0 aromatic heterocycles. The molecule has 0 saturated carbocycles. The quantitative estimate of drug-likeness (QED) is 0.0212. The number of hydrogen-bond acceptors (Lipinski definition) is 7. The van der Waals surface area contributed by atoms with E-state index in [1.807, 2.05) is 39.4 Å². The van der Waals surface area contributed by atoms with Gasteiger partial charge in [-0.05, 0) is 102 Å². The maximum absolute atomic E-state index is 13.6. The van der Waals surface area contributed by atoms with Gasteiger partial charge in [0.15, 0.2) is 0 Å². The first kappa shape index (κ1) is 79.7. The number of quaternary nitrogens is 1. The average molecular weight is 1180 g/mol. The molecule has 0 aliphatic rings. The smallest absolute Gasteiger partial charge is 0.306 e. The molecule has 83 heavy (non-hydrogen) atoms. The Labute approximate surface area is 512 Å². The number of esters is 1. The minimum absolute atomic E-state index is 0.0374. The third-order valence-corrected chi connectivity index (χ3v) is 15.7. The summed E-state index contributed by atoms with van der Waals surface area (Å²) in [5, 5.41) is 3.02. The van der Waals surface area contributed by atoms with Gasteiger partial charge in [0.1, 0.15) is 19.3 Å². The second-order valence-electron chi connectivity index (χ2n) is 23.9. The molecule has 478 valence electrons. The zero-order valence-corrected chi connectivity index (χ0v) is 55.5. The molecule has 3 atom stereocenters. The molecule has 0 heterocycles. The van der Waals surface area contributed by atoms with Crippen LogP contribution in [0.3, 0.4) is 0 Å². The van der Waals surface area contributed by atoms with Gasteiger partial charge < -0.3 is 28.5 Å². The summed E-state index contributed by atoms with van der Waals surface area (Å²) in [7, 11) is 1.14. The van der Waals surface area contributed by atoms with Crippen LogP contribution in [0.4, 0.5) is 0 Å². The molecule has 0 saturated heterocycles. The highest BCUT2D eigenvalue weighted by molar-refractivity contribution is 7.45. The van der Waals surface area contributed by atoms with E-state index in [0.29, 0.717) is 23.9 Å². The van der Waals surface area contributed by atoms with Crippen LogP contribution in [0, 0.1) is 0 Å². The molecule has 0 aromatic carbocycles. The van der Waals surface area contributed by atoms with Crippen molar-refractivity contribution in [3.05, 3.63) is 109 Å². The topological polar surface area (TPSA) is 114 Å². The molecule has 3 unspecified atom stereocenters. The lowest BCUT2D eigenvalue weighted by molar-refractivity contribution is -0.870. The second kappa shape index (κ2) is 61.7. The molecule has 0 aromatic rings. The van der Waals surface area contributed by atoms with Crippen LogP contribution in [-0.4, -0.2) is 69.4 Å². The fourth-order valence-electron chi connectivity index (χ4n) is 9.46. The number of rotatable bonds is 61. The van der Waals surface area contributed by atoms with E-state index in [1.54, 1.807) is 6.08 Å². The third-order valence-electron chi connectivity index (χ3n) is 14.7. The standard InChI is InChI=1S/C73H129N2O7P/c1-7-10-13-16-19-22-25-27-29-31-33-34-35-36-37-38-39-40-42-43-45-47-50-53-56-59-62-65-72(76)74-70(69-81-83(78,79)80-68-67-75(4,5)6)71(64-61-58-55-52-49-24-21-18-15-12-9-3)82-73(77)66-63-60-57-54-51-48-46-44-41-32-30-28-26-23-20-17-14-11-8-2/h11,14,19-20,22-23,27-30,41,44,48,51,57,60-61,64,70-71H,7-10,12-13,15-18,21,24-26,31-40,42-43,45-47,49-50,52-56,58-59,62-63,65-69H2,1-6H3,(H-,74,76,78,79)/b14-11-,22-19-,23-20-,29-27-,30-28-,44-41-,51-48-,60-57-,64-61-. The number of amides is 1. The number of allylic oxidation sites excluding steroid dienone is 17. The van der Waals surface area contributed by atoms with E-state index in [0.717, 1.165) is 89.9 Å². The number of hydrogen-bond donors (Lipinski definition) is 1. The summed E-state index contributed by atoms with van der Waals surface area (Å²) in [5.74, 6) is -0.638. The normalized spacial score (nSPS) is 14.3. The Balaban J connectivity index is 5.10. The van der Waals surface area contributed by atoms with E-state index in [9.17, 15) is 19.0 Å². The lowest BCUT2D eigenvalue weighted by Gasteiger charge is -2.30. The van der Waals surface area contributed by atoms with Crippen LogP contribution in [0.5, 0.6) is 0 Å². The number of carbonyl (C=O) groups is 2. The van der Waals surface area contributed by atoms with E-state index in [1.165, 1.54) is 161 Å². The molecular formula is C73H129N2O7P. The van der Waals surface area contributed by atoms with Crippen LogP contribution >= 0.6 is 7.82 Å². The number of phosphoric acid groups is 1. The minimum atomic E-state index is -4.72. The second-order valence-corrected chi connectivity index (χ2v) is 25.4. The van der Waals surface area contributed by atoms with Crippen LogP contribution in [0.15, 0.2) is 109 Å². The van der Waals surface area contributed by atoms with E-state index in [-0.39, 0.29) is 18.9 Å². The Bertz CT molecular complexity index is 1790. The number of ether oxygens (including phenoxy) is 1. The number of carbonyl (C=O) groups excluding carboxylic acids is 2. The monoisotopic (exact) mass is 1180 g/mol. The van der Waals surface area contributed by atoms with Gasteiger partial charge in [-0.3, -0.25) is 14.2 Å². The Kier molecular flexibility index (Phi) is 59.3. The van der Waals surface area contributed by atoms with Crippen molar-refractivity contribution >= 4 is 19.7 Å². The van der Waals surface area contributed by atoms with E-state index in [4.69, 9.17) is 13.8 Å². The summed E-state index contributed by atoms with van der Waals surface area (Å²) in [6.45, 7) is 6.66. The summed E-state index contributed by atoms with van der Waals surface area (Å²) >= 11 is 0. The highest BCUT2D eigenvalue weighted by atomic mass is 31.2. The van der Waals surface area contributed by atoms with Gasteiger partial charge in [0.25, 0.3) is 7.82 Å².